The molecule has 1 aromatic heterocycles. The molecule has 26 heavy (non-hydrogen) atoms. The fraction of sp³-hybridized carbons (Fsp3) is 0.389. The molecule has 0 bridgehead atoms. The number of nitrogens with one attached hydrogen (secondary N) is 2. The van der Waals surface area contributed by atoms with Crippen molar-refractivity contribution in [2.45, 2.75) is 31.5 Å². The molecule has 8 nitrogen and oxygen atoms in total. The van der Waals surface area contributed by atoms with Crippen LogP contribution in [0.5, 0.6) is 11.5 Å². The van der Waals surface area contributed by atoms with E-state index in [0.717, 1.165) is 34.7 Å². The van der Waals surface area contributed by atoms with Crippen LogP contribution in [-0.4, -0.2) is 40.2 Å². The van der Waals surface area contributed by atoms with E-state index in [1.165, 1.54) is 0 Å². The highest BCUT2D eigenvalue weighted by Gasteiger charge is 2.34. The molecule has 0 radical (unpaired) electrons. The first-order valence-electron chi connectivity index (χ1n) is 8.75. The Morgan fingerprint density at radius 3 is 3.12 bits per heavy atom. The monoisotopic (exact) mass is 353 g/mol. The molecule has 1 fully saturated rings. The number of rotatable bonds is 2. The highest BCUT2D eigenvalue weighted by Crippen LogP contribution is 2.35. The number of amides is 1. The molecule has 0 saturated carbocycles. The lowest BCUT2D eigenvalue weighted by molar-refractivity contribution is -0.134. The minimum absolute atomic E-state index is 0.0545. The molecule has 0 spiro atoms. The van der Waals surface area contributed by atoms with Gasteiger partial charge in [0.25, 0.3) is 0 Å². The maximum Gasteiger partial charge on any atom is 0.241 e. The first-order valence-corrected chi connectivity index (χ1v) is 8.75. The summed E-state index contributed by atoms with van der Waals surface area (Å²) in [4.78, 5) is 23.2. The van der Waals surface area contributed by atoms with Gasteiger partial charge in [-0.2, -0.15) is 0 Å². The highest BCUT2D eigenvalue weighted by atomic mass is 16.7. The quantitative estimate of drug-likeness (QED) is 0.821. The van der Waals surface area contributed by atoms with Crippen molar-refractivity contribution in [1.82, 2.24) is 25.7 Å². The van der Waals surface area contributed by atoms with Gasteiger partial charge in [0, 0.05) is 37.3 Å². The third kappa shape index (κ3) is 2.67. The Bertz CT molecular complexity index is 858. The summed E-state index contributed by atoms with van der Waals surface area (Å²) in [5.41, 5.74) is 9.54. The van der Waals surface area contributed by atoms with E-state index in [1.807, 2.05) is 23.1 Å². The SMILES string of the molecule is O=C(C1CC(c2ccc3c(c2)OCO3)NN1)N1CCc2ncncc2C1. The van der Waals surface area contributed by atoms with Crippen LogP contribution in [0.1, 0.15) is 29.3 Å². The van der Waals surface area contributed by atoms with Gasteiger partial charge in [0.05, 0.1) is 5.69 Å². The number of hydrazine groups is 1. The number of hydrogen-bond acceptors (Lipinski definition) is 7. The summed E-state index contributed by atoms with van der Waals surface area (Å²) in [6.45, 7) is 1.52. The number of ether oxygens (including phenoxy) is 2. The zero-order valence-electron chi connectivity index (χ0n) is 14.1. The lowest BCUT2D eigenvalue weighted by Crippen LogP contribution is -2.47. The van der Waals surface area contributed by atoms with Crippen molar-refractivity contribution in [3.63, 3.8) is 0 Å². The summed E-state index contributed by atoms with van der Waals surface area (Å²) in [6, 6.07) is 5.70. The van der Waals surface area contributed by atoms with Crippen LogP contribution in [0.25, 0.3) is 0 Å². The molecule has 3 aliphatic heterocycles. The molecular weight excluding hydrogens is 334 g/mol. The van der Waals surface area contributed by atoms with Crippen molar-refractivity contribution in [3.05, 3.63) is 47.5 Å². The van der Waals surface area contributed by atoms with Crippen LogP contribution in [0.15, 0.2) is 30.7 Å². The van der Waals surface area contributed by atoms with Crippen LogP contribution in [-0.2, 0) is 17.8 Å². The van der Waals surface area contributed by atoms with Gasteiger partial charge in [0.1, 0.15) is 12.4 Å². The number of nitrogens with zero attached hydrogens (tertiary/aromatic N) is 3. The van der Waals surface area contributed by atoms with E-state index in [2.05, 4.69) is 20.8 Å². The molecule has 1 amide bonds. The number of hydrogen-bond donors (Lipinski definition) is 2. The van der Waals surface area contributed by atoms with E-state index in [1.54, 1.807) is 12.5 Å². The number of fused-ring (bicyclic) bond motifs is 2. The van der Waals surface area contributed by atoms with E-state index in [4.69, 9.17) is 9.47 Å². The fourth-order valence-electron chi connectivity index (χ4n) is 3.74. The Hall–Kier alpha value is -2.71. The molecule has 0 aliphatic carbocycles. The van der Waals surface area contributed by atoms with Gasteiger partial charge in [-0.3, -0.25) is 4.79 Å². The van der Waals surface area contributed by atoms with Crippen molar-refractivity contribution in [3.8, 4) is 11.5 Å². The Morgan fingerprint density at radius 1 is 1.23 bits per heavy atom. The Labute approximate surface area is 150 Å². The maximum atomic E-state index is 12.9. The normalized spacial score (nSPS) is 23.8. The molecule has 1 saturated heterocycles. The van der Waals surface area contributed by atoms with Crippen molar-refractivity contribution in [2.24, 2.45) is 0 Å². The molecule has 1 aromatic carbocycles. The van der Waals surface area contributed by atoms with Gasteiger partial charge in [-0.1, -0.05) is 6.07 Å². The average Bonchev–Trinajstić information content (AvgIpc) is 3.35. The molecule has 134 valence electrons. The van der Waals surface area contributed by atoms with Crippen molar-refractivity contribution < 1.29 is 14.3 Å². The summed E-state index contributed by atoms with van der Waals surface area (Å²) < 4.78 is 10.8. The Morgan fingerprint density at radius 2 is 2.15 bits per heavy atom. The summed E-state index contributed by atoms with van der Waals surface area (Å²) >= 11 is 0. The van der Waals surface area contributed by atoms with Crippen LogP contribution >= 0.6 is 0 Å². The van der Waals surface area contributed by atoms with Crippen LogP contribution in [0.4, 0.5) is 0 Å². The van der Waals surface area contributed by atoms with Crippen LogP contribution < -0.4 is 20.3 Å². The topological polar surface area (TPSA) is 88.6 Å². The average molecular weight is 353 g/mol. The highest BCUT2D eigenvalue weighted by molar-refractivity contribution is 5.82. The van der Waals surface area contributed by atoms with Crippen LogP contribution in [0, 0.1) is 0 Å². The van der Waals surface area contributed by atoms with Gasteiger partial charge in [0.2, 0.25) is 12.7 Å². The number of benzene rings is 1. The van der Waals surface area contributed by atoms with E-state index < -0.39 is 0 Å². The summed E-state index contributed by atoms with van der Waals surface area (Å²) in [5.74, 6) is 1.63. The molecule has 8 heteroatoms. The minimum Gasteiger partial charge on any atom is -0.454 e. The lowest BCUT2D eigenvalue weighted by Gasteiger charge is -2.29. The number of aromatic nitrogens is 2. The van der Waals surface area contributed by atoms with E-state index in [9.17, 15) is 4.79 Å². The predicted octanol–water partition coefficient (Wildman–Crippen LogP) is 0.698. The molecule has 3 aliphatic rings. The number of carbonyl (C=O) groups excluding carboxylic acids is 1. The van der Waals surface area contributed by atoms with Gasteiger partial charge in [-0.05, 0) is 24.1 Å². The Balaban J connectivity index is 1.27. The van der Waals surface area contributed by atoms with Crippen LogP contribution in [0.2, 0.25) is 0 Å². The van der Waals surface area contributed by atoms with Gasteiger partial charge in [0.15, 0.2) is 11.5 Å². The fourth-order valence-corrected chi connectivity index (χ4v) is 3.74. The van der Waals surface area contributed by atoms with Gasteiger partial charge in [-0.25, -0.2) is 20.8 Å². The van der Waals surface area contributed by atoms with E-state index >= 15 is 0 Å². The first kappa shape index (κ1) is 15.5. The zero-order valence-corrected chi connectivity index (χ0v) is 14.1. The van der Waals surface area contributed by atoms with Crippen molar-refractivity contribution in [2.75, 3.05) is 13.3 Å². The first-order chi connectivity index (χ1) is 12.8. The van der Waals surface area contributed by atoms with E-state index in [0.29, 0.717) is 19.5 Å². The third-order valence-corrected chi connectivity index (χ3v) is 5.17. The largest absolute Gasteiger partial charge is 0.454 e. The third-order valence-electron chi connectivity index (χ3n) is 5.17. The van der Waals surface area contributed by atoms with E-state index in [-0.39, 0.29) is 24.8 Å². The van der Waals surface area contributed by atoms with Crippen molar-refractivity contribution in [1.29, 1.82) is 0 Å². The molecule has 2 unspecified atom stereocenters. The second-order valence-corrected chi connectivity index (χ2v) is 6.75. The predicted molar refractivity (Wildman–Crippen MR) is 91.1 cm³/mol. The molecular formula is C18H19N5O3. The molecule has 5 rings (SSSR count). The summed E-state index contributed by atoms with van der Waals surface area (Å²) in [5, 5.41) is 0. The minimum atomic E-state index is -0.253. The van der Waals surface area contributed by atoms with Gasteiger partial charge >= 0.3 is 0 Å². The summed E-state index contributed by atoms with van der Waals surface area (Å²) in [7, 11) is 0. The second-order valence-electron chi connectivity index (χ2n) is 6.75. The number of carbonyl (C=O) groups is 1. The second kappa shape index (κ2) is 6.22. The zero-order chi connectivity index (χ0) is 17.5. The van der Waals surface area contributed by atoms with Crippen molar-refractivity contribution >= 4 is 5.91 Å². The molecule has 2 atom stereocenters. The molecule has 2 aromatic rings. The maximum absolute atomic E-state index is 12.9. The van der Waals surface area contributed by atoms with Gasteiger partial charge in [-0.15, -0.1) is 0 Å². The standard InChI is InChI=1S/C18H19N5O3/c24-18(23-4-3-13-12(8-23)7-19-9-20-13)15-6-14(21-22-15)11-1-2-16-17(5-11)26-10-25-16/h1-2,5,7,9,14-15,21-22H,3-4,6,8,10H2. The molecule has 4 heterocycles. The smallest absolute Gasteiger partial charge is 0.241 e. The lowest BCUT2D eigenvalue weighted by atomic mass is 10.00. The van der Waals surface area contributed by atoms with Crippen LogP contribution in [0.3, 0.4) is 0 Å². The molecule has 2 N–H and O–H groups in total. The summed E-state index contributed by atoms with van der Waals surface area (Å²) in [6.07, 6.45) is 4.83. The Kier molecular flexibility index (Phi) is 3.72. The van der Waals surface area contributed by atoms with Gasteiger partial charge < -0.3 is 14.4 Å².